The van der Waals surface area contributed by atoms with Gasteiger partial charge in [0.1, 0.15) is 0 Å². The molecule has 0 fully saturated rings. The molecule has 0 aliphatic heterocycles. The molecule has 1 atom stereocenters. The molecule has 0 nitrogen and oxygen atoms in total. The fraction of sp³-hybridized carbons (Fsp3) is 0.846. The van der Waals surface area contributed by atoms with Crippen molar-refractivity contribution in [2.75, 3.05) is 0 Å². The van der Waals surface area contributed by atoms with Gasteiger partial charge in [0, 0.05) is 0 Å². The van der Waals surface area contributed by atoms with E-state index in [4.69, 9.17) is 0 Å². The van der Waals surface area contributed by atoms with Crippen molar-refractivity contribution in [1.82, 2.24) is 0 Å². The molecule has 0 aliphatic rings. The zero-order chi connectivity index (χ0) is 9.94. The van der Waals surface area contributed by atoms with Gasteiger partial charge in [0.25, 0.3) is 0 Å². The molecule has 0 radical (unpaired) electrons. The van der Waals surface area contributed by atoms with E-state index in [2.05, 4.69) is 32.9 Å². The first-order valence-electron chi connectivity index (χ1n) is 5.97. The van der Waals surface area contributed by atoms with Crippen molar-refractivity contribution in [1.29, 1.82) is 0 Å². The van der Waals surface area contributed by atoms with E-state index in [1.54, 1.807) is 0 Å². The highest BCUT2D eigenvalue weighted by molar-refractivity contribution is 4.85. The Bertz CT molecular complexity index is 113. The quantitative estimate of drug-likeness (QED) is 0.368. The van der Waals surface area contributed by atoms with Crippen LogP contribution in [0.25, 0.3) is 0 Å². The van der Waals surface area contributed by atoms with E-state index in [0.29, 0.717) is 0 Å². The van der Waals surface area contributed by atoms with Gasteiger partial charge in [-0.25, -0.2) is 0 Å². The summed E-state index contributed by atoms with van der Waals surface area (Å²) in [7, 11) is 0. The lowest BCUT2D eigenvalue weighted by atomic mass is 10.0. The summed E-state index contributed by atoms with van der Waals surface area (Å²) in [5.74, 6) is 0.795. The monoisotopic (exact) mass is 182 g/mol. The Morgan fingerprint density at radius 2 is 1.69 bits per heavy atom. The maximum atomic E-state index is 2.39. The maximum absolute atomic E-state index is 2.39. The summed E-state index contributed by atoms with van der Waals surface area (Å²) in [4.78, 5) is 0. The molecule has 0 saturated carbocycles. The molecule has 13 heavy (non-hydrogen) atoms. The van der Waals surface area contributed by atoms with Crippen LogP contribution in [0.3, 0.4) is 0 Å². The summed E-state index contributed by atoms with van der Waals surface area (Å²) in [5, 5.41) is 0. The van der Waals surface area contributed by atoms with Gasteiger partial charge in [0.05, 0.1) is 0 Å². The van der Waals surface area contributed by atoms with Gasteiger partial charge in [0.2, 0.25) is 0 Å². The smallest absolute Gasteiger partial charge is 0.0262 e. The lowest BCUT2D eigenvalue weighted by Gasteiger charge is -2.04. The Balaban J connectivity index is 3.27. The van der Waals surface area contributed by atoms with E-state index >= 15 is 0 Å². The minimum atomic E-state index is 0.795. The molecule has 0 aromatic rings. The van der Waals surface area contributed by atoms with Crippen LogP contribution in [-0.2, 0) is 0 Å². The number of hydrogen-bond donors (Lipinski definition) is 0. The third kappa shape index (κ3) is 9.66. The van der Waals surface area contributed by atoms with Crippen molar-refractivity contribution in [3.05, 3.63) is 12.2 Å². The van der Waals surface area contributed by atoms with Crippen LogP contribution in [0.1, 0.15) is 65.7 Å². The molecule has 0 amide bonds. The Morgan fingerprint density at radius 3 is 2.31 bits per heavy atom. The predicted octanol–water partition coefficient (Wildman–Crippen LogP) is 4.95. The topological polar surface area (TPSA) is 0 Å². The molecule has 0 heterocycles. The van der Waals surface area contributed by atoms with Gasteiger partial charge >= 0.3 is 0 Å². The Labute approximate surface area is 84.4 Å². The first-order valence-corrected chi connectivity index (χ1v) is 5.97. The second-order valence-electron chi connectivity index (χ2n) is 4.04. The third-order valence-electron chi connectivity index (χ3n) is 2.45. The van der Waals surface area contributed by atoms with Gasteiger partial charge in [-0.05, 0) is 18.8 Å². The summed E-state index contributed by atoms with van der Waals surface area (Å²) >= 11 is 0. The Kier molecular flexibility index (Phi) is 9.63. The van der Waals surface area contributed by atoms with Gasteiger partial charge in [0.15, 0.2) is 0 Å². The zero-order valence-electron chi connectivity index (χ0n) is 9.68. The number of allylic oxidation sites excluding steroid dienone is 2. The van der Waals surface area contributed by atoms with Crippen LogP contribution in [0.2, 0.25) is 0 Å². The van der Waals surface area contributed by atoms with E-state index in [1.165, 1.54) is 44.9 Å². The van der Waals surface area contributed by atoms with Gasteiger partial charge in [-0.15, -0.1) is 0 Å². The van der Waals surface area contributed by atoms with Crippen LogP contribution in [0.5, 0.6) is 0 Å². The summed E-state index contributed by atoms with van der Waals surface area (Å²) in [6.45, 7) is 6.85. The molecule has 0 aromatic carbocycles. The minimum Gasteiger partial charge on any atom is -0.0883 e. The highest BCUT2D eigenvalue weighted by Gasteiger charge is 1.95. The van der Waals surface area contributed by atoms with Gasteiger partial charge < -0.3 is 0 Å². The molecule has 78 valence electrons. The Hall–Kier alpha value is -0.260. The normalized spacial score (nSPS) is 13.8. The first-order chi connectivity index (χ1) is 6.31. The van der Waals surface area contributed by atoms with Gasteiger partial charge in [-0.1, -0.05) is 65.0 Å². The molecular weight excluding hydrogens is 156 g/mol. The van der Waals surface area contributed by atoms with Crippen LogP contribution in [0.4, 0.5) is 0 Å². The molecule has 0 aromatic heterocycles. The van der Waals surface area contributed by atoms with E-state index in [9.17, 15) is 0 Å². The van der Waals surface area contributed by atoms with Crippen LogP contribution in [0.15, 0.2) is 12.2 Å². The van der Waals surface area contributed by atoms with Crippen LogP contribution in [-0.4, -0.2) is 0 Å². The van der Waals surface area contributed by atoms with Crippen molar-refractivity contribution in [3.63, 3.8) is 0 Å². The summed E-state index contributed by atoms with van der Waals surface area (Å²) in [6, 6.07) is 0. The molecule has 0 bridgehead atoms. The summed E-state index contributed by atoms with van der Waals surface area (Å²) in [6.07, 6.45) is 14.2. The van der Waals surface area contributed by atoms with Gasteiger partial charge in [-0.3, -0.25) is 0 Å². The van der Waals surface area contributed by atoms with Crippen molar-refractivity contribution in [3.8, 4) is 0 Å². The number of rotatable bonds is 8. The zero-order valence-corrected chi connectivity index (χ0v) is 9.68. The number of unbranched alkanes of at least 4 members (excludes halogenated alkanes) is 4. The molecule has 0 saturated heterocycles. The standard InChI is InChI=1S/C13H26/c1-4-6-8-10-12-13(3)11-9-7-5-2/h10,12-13H,4-9,11H2,1-3H3/b12-10+. The van der Waals surface area contributed by atoms with Crippen LogP contribution < -0.4 is 0 Å². The largest absolute Gasteiger partial charge is 0.0883 e. The lowest BCUT2D eigenvalue weighted by molar-refractivity contribution is 0.574. The molecule has 1 unspecified atom stereocenters. The van der Waals surface area contributed by atoms with Crippen molar-refractivity contribution in [2.45, 2.75) is 65.7 Å². The summed E-state index contributed by atoms with van der Waals surface area (Å²) in [5.41, 5.74) is 0. The molecule has 0 spiro atoms. The van der Waals surface area contributed by atoms with Gasteiger partial charge in [-0.2, -0.15) is 0 Å². The average molecular weight is 182 g/mol. The lowest BCUT2D eigenvalue weighted by Crippen LogP contribution is -1.89. The molecule has 0 N–H and O–H groups in total. The SMILES string of the molecule is CCCC/C=C/C(C)CCCCC. The van der Waals surface area contributed by atoms with E-state index in [1.807, 2.05) is 0 Å². The maximum Gasteiger partial charge on any atom is -0.0262 e. The average Bonchev–Trinajstić information content (AvgIpc) is 2.13. The molecule has 0 rings (SSSR count). The van der Waals surface area contributed by atoms with Crippen molar-refractivity contribution < 1.29 is 0 Å². The first kappa shape index (κ1) is 12.7. The molecular formula is C13H26. The van der Waals surface area contributed by atoms with E-state index in [-0.39, 0.29) is 0 Å². The fourth-order valence-corrected chi connectivity index (χ4v) is 1.46. The molecule has 0 heteroatoms. The third-order valence-corrected chi connectivity index (χ3v) is 2.45. The second-order valence-corrected chi connectivity index (χ2v) is 4.04. The van der Waals surface area contributed by atoms with Crippen LogP contribution >= 0.6 is 0 Å². The highest BCUT2D eigenvalue weighted by atomic mass is 14.0. The van der Waals surface area contributed by atoms with Crippen LogP contribution in [0, 0.1) is 5.92 Å². The van der Waals surface area contributed by atoms with E-state index in [0.717, 1.165) is 5.92 Å². The van der Waals surface area contributed by atoms with E-state index < -0.39 is 0 Å². The minimum absolute atomic E-state index is 0.795. The second kappa shape index (κ2) is 9.83. The van der Waals surface area contributed by atoms with Crippen molar-refractivity contribution in [2.24, 2.45) is 5.92 Å². The fourth-order valence-electron chi connectivity index (χ4n) is 1.46. The summed E-state index contributed by atoms with van der Waals surface area (Å²) < 4.78 is 0. The van der Waals surface area contributed by atoms with Crippen molar-refractivity contribution >= 4 is 0 Å². The highest BCUT2D eigenvalue weighted by Crippen LogP contribution is 2.11. The molecule has 0 aliphatic carbocycles. The Morgan fingerprint density at radius 1 is 1.00 bits per heavy atom. The predicted molar refractivity (Wildman–Crippen MR) is 62.0 cm³/mol. The number of hydrogen-bond acceptors (Lipinski definition) is 0.